The van der Waals surface area contributed by atoms with Crippen LogP contribution < -0.4 is 21.6 Å². The van der Waals surface area contributed by atoms with Crippen molar-refractivity contribution in [2.75, 3.05) is 5.23 Å². The first-order chi connectivity index (χ1) is 19.1. The third-order valence-electron chi connectivity index (χ3n) is 6.19. The van der Waals surface area contributed by atoms with E-state index in [0.717, 1.165) is 30.3 Å². The Bertz CT molecular complexity index is 1470. The summed E-state index contributed by atoms with van der Waals surface area (Å²) in [6.45, 7) is 0. The monoisotopic (exact) mass is 604 g/mol. The Labute approximate surface area is 217 Å². The van der Waals surface area contributed by atoms with Crippen molar-refractivity contribution in [3.8, 4) is 0 Å². The smallest absolute Gasteiger partial charge is 0.200 e. The lowest BCUT2D eigenvalue weighted by Crippen LogP contribution is -2.78. The van der Waals surface area contributed by atoms with Gasteiger partial charge in [0.2, 0.25) is 0 Å². The van der Waals surface area contributed by atoms with E-state index in [1.807, 2.05) is 0 Å². The molecule has 0 aliphatic carbocycles. The predicted molar refractivity (Wildman–Crippen MR) is 113 cm³/mol. The fourth-order valence-electron chi connectivity index (χ4n) is 4.44. The molecule has 0 aliphatic heterocycles. The highest BCUT2D eigenvalue weighted by atomic mass is 19.2. The average Bonchev–Trinajstić information content (AvgIpc) is 2.95. The summed E-state index contributed by atoms with van der Waals surface area (Å²) < 4.78 is 220. The standard InChI is InChI=1S/C24H6BF15N/c26-10-7(11(27)17(33)22(38)16(10)32)25(41-6-4-2-1-3-5-6,8-12(28)18(34)23(39)19(35)13(8)29)9-14(30)20(36)24(40)21(37)15(9)31/h1-5,41H/q-1. The maximum absolute atomic E-state index is 15.3. The van der Waals surface area contributed by atoms with Gasteiger partial charge in [-0.1, -0.05) is 18.2 Å². The van der Waals surface area contributed by atoms with E-state index < -0.39 is 116 Å². The van der Waals surface area contributed by atoms with Gasteiger partial charge in [-0.25, -0.2) is 65.9 Å². The first kappa shape index (κ1) is 29.7. The zero-order chi connectivity index (χ0) is 30.7. The SMILES string of the molecule is Fc1c(F)c(F)c([B-](Nc2ccccc2)(c2c(F)c(F)c(F)c(F)c2F)c2c(F)c(F)c(F)c(F)c2F)c(F)c1F. The highest BCUT2D eigenvalue weighted by Crippen LogP contribution is 2.29. The summed E-state index contributed by atoms with van der Waals surface area (Å²) in [6.07, 6.45) is -5.84. The normalized spacial score (nSPS) is 11.8. The third kappa shape index (κ3) is 4.16. The summed E-state index contributed by atoms with van der Waals surface area (Å²) in [6, 6.07) is 4.55. The molecule has 216 valence electrons. The lowest BCUT2D eigenvalue weighted by Gasteiger charge is -2.45. The molecule has 0 saturated heterocycles. The molecule has 4 aromatic rings. The molecule has 0 aliphatic rings. The van der Waals surface area contributed by atoms with Gasteiger partial charge in [-0.15, -0.1) is 16.4 Å². The Balaban J connectivity index is 2.47. The summed E-state index contributed by atoms with van der Waals surface area (Å²) in [5, 5.41) is 1.56. The molecule has 41 heavy (non-hydrogen) atoms. The van der Waals surface area contributed by atoms with E-state index in [0.29, 0.717) is 0 Å². The van der Waals surface area contributed by atoms with E-state index in [4.69, 9.17) is 0 Å². The number of hydrogen-bond donors (Lipinski definition) is 1. The first-order valence-electron chi connectivity index (χ1n) is 10.7. The number of para-hydroxylation sites is 1. The molecular formula is C24H6BF15N-. The fourth-order valence-corrected chi connectivity index (χ4v) is 4.44. The van der Waals surface area contributed by atoms with E-state index in [1.165, 1.54) is 0 Å². The Morgan fingerprint density at radius 3 is 0.780 bits per heavy atom. The molecule has 0 aromatic heterocycles. The Kier molecular flexibility index (Phi) is 7.43. The van der Waals surface area contributed by atoms with Crippen LogP contribution in [0.5, 0.6) is 0 Å². The van der Waals surface area contributed by atoms with Crippen molar-refractivity contribution in [1.82, 2.24) is 0 Å². The van der Waals surface area contributed by atoms with Gasteiger partial charge in [-0.2, -0.15) is 0 Å². The molecule has 1 N–H and O–H groups in total. The summed E-state index contributed by atoms with van der Waals surface area (Å²) in [5.74, 6) is -45.9. The van der Waals surface area contributed by atoms with Crippen molar-refractivity contribution >= 4 is 28.4 Å². The van der Waals surface area contributed by atoms with Crippen molar-refractivity contribution in [2.24, 2.45) is 0 Å². The third-order valence-corrected chi connectivity index (χ3v) is 6.19. The topological polar surface area (TPSA) is 12.0 Å². The number of benzene rings is 4. The van der Waals surface area contributed by atoms with E-state index in [1.54, 1.807) is 5.23 Å². The minimum atomic E-state index is -5.84. The molecule has 1 nitrogen and oxygen atoms in total. The van der Waals surface area contributed by atoms with Crippen LogP contribution >= 0.6 is 0 Å². The maximum Gasteiger partial charge on any atom is 0.200 e. The van der Waals surface area contributed by atoms with E-state index in [9.17, 15) is 39.5 Å². The first-order valence-corrected chi connectivity index (χ1v) is 10.7. The van der Waals surface area contributed by atoms with Crippen LogP contribution in [0.15, 0.2) is 30.3 Å². The average molecular weight is 604 g/mol. The summed E-state index contributed by atoms with van der Waals surface area (Å²) in [4.78, 5) is 0. The van der Waals surface area contributed by atoms with Gasteiger partial charge in [0.15, 0.2) is 58.6 Å². The maximum atomic E-state index is 15.3. The largest absolute Gasteiger partial charge is 0.547 e. The summed E-state index contributed by atoms with van der Waals surface area (Å²) >= 11 is 0. The van der Waals surface area contributed by atoms with Gasteiger partial charge >= 0.3 is 0 Å². The lowest BCUT2D eigenvalue weighted by atomic mass is 9.23. The van der Waals surface area contributed by atoms with Crippen LogP contribution in [0.25, 0.3) is 0 Å². The van der Waals surface area contributed by atoms with Gasteiger partial charge in [0.05, 0.1) is 0 Å². The molecule has 4 rings (SSSR count). The Morgan fingerprint density at radius 2 is 0.537 bits per heavy atom. The molecule has 4 aromatic carbocycles. The molecule has 0 spiro atoms. The van der Waals surface area contributed by atoms with Crippen LogP contribution in [0.4, 0.5) is 71.5 Å². The van der Waals surface area contributed by atoms with E-state index in [-0.39, 0.29) is 0 Å². The number of nitrogens with one attached hydrogen (secondary N) is 1. The summed E-state index contributed by atoms with van der Waals surface area (Å²) in [5.41, 5.74) is -9.07. The molecule has 0 heterocycles. The summed E-state index contributed by atoms with van der Waals surface area (Å²) in [7, 11) is 0. The van der Waals surface area contributed by atoms with Crippen LogP contribution in [0, 0.1) is 87.3 Å². The molecule has 0 fully saturated rings. The lowest BCUT2D eigenvalue weighted by molar-refractivity contribution is 0.379. The van der Waals surface area contributed by atoms with Crippen molar-refractivity contribution in [2.45, 2.75) is 0 Å². The zero-order valence-electron chi connectivity index (χ0n) is 19.1. The molecular weight excluding hydrogens is 598 g/mol. The molecule has 0 saturated carbocycles. The van der Waals surface area contributed by atoms with Gasteiger partial charge in [-0.05, 0) is 17.8 Å². The van der Waals surface area contributed by atoms with Crippen molar-refractivity contribution in [3.63, 3.8) is 0 Å². The van der Waals surface area contributed by atoms with E-state index >= 15 is 26.3 Å². The van der Waals surface area contributed by atoms with Gasteiger partial charge in [0, 0.05) is 0 Å². The Morgan fingerprint density at radius 1 is 0.317 bits per heavy atom. The number of hydrogen-bond acceptors (Lipinski definition) is 1. The molecule has 17 heteroatoms. The Hall–Kier alpha value is -4.31. The minimum absolute atomic E-state index is 0.723. The van der Waals surface area contributed by atoms with Crippen molar-refractivity contribution in [3.05, 3.63) is 118 Å². The highest BCUT2D eigenvalue weighted by molar-refractivity contribution is 7.13. The van der Waals surface area contributed by atoms with Crippen LogP contribution in [0.2, 0.25) is 0 Å². The van der Waals surface area contributed by atoms with Crippen LogP contribution in [-0.4, -0.2) is 6.28 Å². The molecule has 0 unspecified atom stereocenters. The van der Waals surface area contributed by atoms with Crippen LogP contribution in [0.1, 0.15) is 0 Å². The van der Waals surface area contributed by atoms with Gasteiger partial charge < -0.3 is 5.23 Å². The molecule has 0 atom stereocenters. The number of halogens is 15. The second kappa shape index (κ2) is 10.3. The quantitative estimate of drug-likeness (QED) is 0.131. The van der Waals surface area contributed by atoms with Gasteiger partial charge in [-0.3, -0.25) is 0 Å². The highest BCUT2D eigenvalue weighted by Gasteiger charge is 2.48. The van der Waals surface area contributed by atoms with E-state index in [2.05, 4.69) is 0 Å². The minimum Gasteiger partial charge on any atom is -0.547 e. The van der Waals surface area contributed by atoms with Gasteiger partial charge in [0.25, 0.3) is 0 Å². The van der Waals surface area contributed by atoms with Crippen molar-refractivity contribution < 1.29 is 65.9 Å². The molecule has 0 amide bonds. The second-order valence-electron chi connectivity index (χ2n) is 8.33. The van der Waals surface area contributed by atoms with Crippen molar-refractivity contribution in [1.29, 1.82) is 0 Å². The van der Waals surface area contributed by atoms with Crippen LogP contribution in [0.3, 0.4) is 0 Å². The fraction of sp³-hybridized carbons (Fsp3) is 0. The van der Waals surface area contributed by atoms with Gasteiger partial charge in [0.1, 0.15) is 34.9 Å². The molecule has 0 radical (unpaired) electrons. The van der Waals surface area contributed by atoms with Crippen LogP contribution in [-0.2, 0) is 0 Å². The predicted octanol–water partition coefficient (Wildman–Crippen LogP) is 5.85. The second-order valence-corrected chi connectivity index (χ2v) is 8.33. The molecule has 0 bridgehead atoms. The number of rotatable bonds is 5. The zero-order valence-corrected chi connectivity index (χ0v) is 19.1. The number of anilines is 1.